The monoisotopic (exact) mass is 241 g/mol. The van der Waals surface area contributed by atoms with Gasteiger partial charge in [0.05, 0.1) is 25.4 Å². The fourth-order valence-electron chi connectivity index (χ4n) is 1.74. The Morgan fingerprint density at radius 1 is 1.35 bits per heavy atom. The molecule has 6 nitrogen and oxygen atoms in total. The van der Waals surface area contributed by atoms with Gasteiger partial charge in [-0.1, -0.05) is 5.16 Å². The fraction of sp³-hybridized carbons (Fsp3) is 0.818. The van der Waals surface area contributed by atoms with Gasteiger partial charge in [-0.3, -0.25) is 0 Å². The quantitative estimate of drug-likeness (QED) is 0.704. The van der Waals surface area contributed by atoms with Gasteiger partial charge in [0, 0.05) is 13.5 Å². The van der Waals surface area contributed by atoms with Gasteiger partial charge in [-0.15, -0.1) is 0 Å². The zero-order chi connectivity index (χ0) is 12.1. The molecule has 1 aliphatic rings. The Hall–Kier alpha value is -0.980. The lowest BCUT2D eigenvalue weighted by Gasteiger charge is -2.33. The first kappa shape index (κ1) is 12.5. The lowest BCUT2D eigenvalue weighted by Crippen LogP contribution is -2.43. The summed E-state index contributed by atoms with van der Waals surface area (Å²) in [5.74, 6) is 1.23. The van der Waals surface area contributed by atoms with Crippen LogP contribution in [0.5, 0.6) is 0 Å². The van der Waals surface area contributed by atoms with Crippen LogP contribution in [0, 0.1) is 0 Å². The molecular formula is C11H19N3O3. The summed E-state index contributed by atoms with van der Waals surface area (Å²) in [5.41, 5.74) is 5.71. The zero-order valence-electron chi connectivity index (χ0n) is 10.1. The maximum absolute atomic E-state index is 6.09. The molecule has 0 spiro atoms. The lowest BCUT2D eigenvalue weighted by molar-refractivity contribution is 0.0714. The summed E-state index contributed by atoms with van der Waals surface area (Å²) >= 11 is 0. The topological polar surface area (TPSA) is 83.4 Å². The number of aromatic nitrogens is 2. The second-order valence-electron chi connectivity index (χ2n) is 4.38. The zero-order valence-corrected chi connectivity index (χ0v) is 10.1. The minimum atomic E-state index is -0.373. The van der Waals surface area contributed by atoms with E-state index in [1.165, 1.54) is 0 Å². The van der Waals surface area contributed by atoms with Gasteiger partial charge in [0.15, 0.2) is 5.82 Å². The Balaban J connectivity index is 1.74. The molecule has 1 saturated carbocycles. The van der Waals surface area contributed by atoms with E-state index in [1.54, 1.807) is 7.11 Å². The van der Waals surface area contributed by atoms with Crippen LogP contribution < -0.4 is 5.73 Å². The number of hydrogen-bond donors (Lipinski definition) is 1. The molecule has 1 aliphatic carbocycles. The maximum atomic E-state index is 6.09. The molecule has 0 unspecified atom stereocenters. The summed E-state index contributed by atoms with van der Waals surface area (Å²) in [6.07, 6.45) is 3.63. The third-order valence-corrected chi connectivity index (χ3v) is 3.04. The number of methoxy groups -OCH3 is 1. The Morgan fingerprint density at radius 3 is 2.82 bits per heavy atom. The maximum Gasteiger partial charge on any atom is 0.246 e. The van der Waals surface area contributed by atoms with E-state index in [1.807, 2.05) is 0 Å². The van der Waals surface area contributed by atoms with Crippen molar-refractivity contribution in [2.75, 3.05) is 26.9 Å². The van der Waals surface area contributed by atoms with E-state index in [2.05, 4.69) is 10.1 Å². The number of nitrogens with zero attached hydrogens (tertiary/aromatic N) is 2. The Bertz CT molecular complexity index is 349. The number of rotatable bonds is 7. The molecule has 0 atom stereocenters. The van der Waals surface area contributed by atoms with Crippen LogP contribution in [-0.2, 0) is 21.4 Å². The van der Waals surface area contributed by atoms with Crippen molar-refractivity contribution in [3.63, 3.8) is 0 Å². The third kappa shape index (κ3) is 3.02. The van der Waals surface area contributed by atoms with Crippen LogP contribution in [0.1, 0.15) is 31.0 Å². The molecule has 0 amide bonds. The largest absolute Gasteiger partial charge is 0.382 e. The molecule has 0 saturated heterocycles. The van der Waals surface area contributed by atoms with Gasteiger partial charge in [-0.25, -0.2) is 0 Å². The first-order chi connectivity index (χ1) is 8.24. The van der Waals surface area contributed by atoms with Crippen molar-refractivity contribution in [2.45, 2.75) is 31.2 Å². The Kier molecular flexibility index (Phi) is 4.09. The average Bonchev–Trinajstić information content (AvgIpc) is 2.75. The highest BCUT2D eigenvalue weighted by molar-refractivity contribution is 5.07. The molecule has 0 bridgehead atoms. The summed E-state index contributed by atoms with van der Waals surface area (Å²) in [4.78, 5) is 4.31. The number of nitrogens with two attached hydrogens (primary N) is 1. The molecule has 0 aliphatic heterocycles. The SMILES string of the molecule is COCCOCCc1noc(C2(N)CCC2)n1. The van der Waals surface area contributed by atoms with Crippen LogP contribution in [-0.4, -0.2) is 37.1 Å². The molecule has 2 N–H and O–H groups in total. The van der Waals surface area contributed by atoms with E-state index in [9.17, 15) is 0 Å². The van der Waals surface area contributed by atoms with E-state index in [4.69, 9.17) is 19.7 Å². The van der Waals surface area contributed by atoms with Crippen LogP contribution in [0.4, 0.5) is 0 Å². The van der Waals surface area contributed by atoms with Gasteiger partial charge >= 0.3 is 0 Å². The first-order valence-corrected chi connectivity index (χ1v) is 5.93. The van der Waals surface area contributed by atoms with Gasteiger partial charge in [0.2, 0.25) is 5.89 Å². The number of ether oxygens (including phenoxy) is 2. The highest BCUT2D eigenvalue weighted by atomic mass is 16.5. The molecule has 1 aromatic rings. The van der Waals surface area contributed by atoms with Crippen molar-refractivity contribution in [3.8, 4) is 0 Å². The fourth-order valence-corrected chi connectivity index (χ4v) is 1.74. The average molecular weight is 241 g/mol. The standard InChI is InChI=1S/C11H19N3O3/c1-15-7-8-16-6-3-9-13-10(17-14-9)11(12)4-2-5-11/h2-8,12H2,1H3. The van der Waals surface area contributed by atoms with Gasteiger partial charge in [-0.05, 0) is 19.3 Å². The molecule has 2 rings (SSSR count). The highest BCUT2D eigenvalue weighted by Gasteiger charge is 2.39. The van der Waals surface area contributed by atoms with E-state index in [0.717, 1.165) is 19.3 Å². The van der Waals surface area contributed by atoms with Crippen molar-refractivity contribution < 1.29 is 14.0 Å². The van der Waals surface area contributed by atoms with Gasteiger partial charge in [0.25, 0.3) is 0 Å². The predicted octanol–water partition coefficient (Wildman–Crippen LogP) is 0.613. The van der Waals surface area contributed by atoms with E-state index >= 15 is 0 Å². The van der Waals surface area contributed by atoms with E-state index in [-0.39, 0.29) is 5.54 Å². The molecule has 0 aromatic carbocycles. The van der Waals surface area contributed by atoms with E-state index < -0.39 is 0 Å². The second kappa shape index (κ2) is 5.57. The molecule has 1 heterocycles. The Labute approximate surface area is 100 Å². The predicted molar refractivity (Wildman–Crippen MR) is 60.4 cm³/mol. The van der Waals surface area contributed by atoms with E-state index in [0.29, 0.717) is 38.0 Å². The van der Waals surface area contributed by atoms with Crippen LogP contribution in [0.2, 0.25) is 0 Å². The van der Waals surface area contributed by atoms with Crippen molar-refractivity contribution >= 4 is 0 Å². The lowest BCUT2D eigenvalue weighted by atomic mass is 9.78. The molecule has 1 aromatic heterocycles. The van der Waals surface area contributed by atoms with Crippen LogP contribution in [0.3, 0.4) is 0 Å². The van der Waals surface area contributed by atoms with Crippen molar-refractivity contribution in [2.24, 2.45) is 5.73 Å². The summed E-state index contributed by atoms with van der Waals surface area (Å²) in [6, 6.07) is 0. The molecule has 6 heteroatoms. The van der Waals surface area contributed by atoms with Gasteiger partial charge < -0.3 is 19.7 Å². The van der Waals surface area contributed by atoms with Crippen LogP contribution >= 0.6 is 0 Å². The van der Waals surface area contributed by atoms with Gasteiger partial charge in [-0.2, -0.15) is 4.98 Å². The first-order valence-electron chi connectivity index (χ1n) is 5.93. The Morgan fingerprint density at radius 2 is 2.18 bits per heavy atom. The summed E-state index contributed by atoms with van der Waals surface area (Å²) in [6.45, 7) is 1.76. The van der Waals surface area contributed by atoms with Crippen molar-refractivity contribution in [1.29, 1.82) is 0 Å². The van der Waals surface area contributed by atoms with Crippen LogP contribution in [0.15, 0.2) is 4.52 Å². The van der Waals surface area contributed by atoms with Crippen molar-refractivity contribution in [1.82, 2.24) is 10.1 Å². The summed E-state index contributed by atoms with van der Waals surface area (Å²) in [7, 11) is 1.65. The smallest absolute Gasteiger partial charge is 0.246 e. The highest BCUT2D eigenvalue weighted by Crippen LogP contribution is 2.37. The summed E-state index contributed by atoms with van der Waals surface area (Å²) < 4.78 is 15.4. The number of hydrogen-bond acceptors (Lipinski definition) is 6. The minimum Gasteiger partial charge on any atom is -0.382 e. The molecule has 96 valence electrons. The molecule has 1 fully saturated rings. The normalized spacial score (nSPS) is 18.0. The third-order valence-electron chi connectivity index (χ3n) is 3.04. The summed E-state index contributed by atoms with van der Waals surface area (Å²) in [5, 5.41) is 3.90. The second-order valence-corrected chi connectivity index (χ2v) is 4.38. The minimum absolute atomic E-state index is 0.373. The molecule has 0 radical (unpaired) electrons. The van der Waals surface area contributed by atoms with Crippen molar-refractivity contribution in [3.05, 3.63) is 11.7 Å². The van der Waals surface area contributed by atoms with Gasteiger partial charge in [0.1, 0.15) is 0 Å². The van der Waals surface area contributed by atoms with Crippen LogP contribution in [0.25, 0.3) is 0 Å². The molecule has 17 heavy (non-hydrogen) atoms. The molecular weight excluding hydrogens is 222 g/mol.